The molecule has 0 radical (unpaired) electrons. The molecule has 15 N–H and O–H groups in total. The van der Waals surface area contributed by atoms with Crippen LogP contribution in [0.3, 0.4) is 0 Å². The van der Waals surface area contributed by atoms with Crippen molar-refractivity contribution in [3.63, 3.8) is 0 Å². The summed E-state index contributed by atoms with van der Waals surface area (Å²) >= 11 is 1.35. The number of thioether (sulfide) groups is 1. The highest BCUT2D eigenvalue weighted by atomic mass is 32.2. The van der Waals surface area contributed by atoms with Crippen molar-refractivity contribution < 1.29 is 101 Å². The molecule has 0 saturated carbocycles. The number of nitrogens with zero attached hydrogens (tertiary/aromatic N) is 2. The molecule has 2 fully saturated rings. The molecule has 12 atom stereocenters. The number of aliphatic hydroxyl groups excluding tert-OH is 3. The Balaban J connectivity index is 1.15. The van der Waals surface area contributed by atoms with E-state index in [0.29, 0.717) is 81.6 Å². The Bertz CT molecular complexity index is 3130. The molecule has 0 spiro atoms. The maximum Gasteiger partial charge on any atom is 0.246 e. The maximum atomic E-state index is 15.2. The minimum absolute atomic E-state index is 0.0372. The van der Waals surface area contributed by atoms with E-state index in [1.54, 1.807) is 27.0 Å². The number of carbonyl (C=O) groups is 11. The Labute approximate surface area is 562 Å². The molecule has 32 nitrogen and oxygen atoms in total. The topological polar surface area (TPSA) is 478 Å². The molecule has 34 heteroatoms. The van der Waals surface area contributed by atoms with Gasteiger partial charge < -0.3 is 97.4 Å². The number of aromatic nitrogens is 1. The molecule has 1 aromatic heterocycles. The van der Waals surface area contributed by atoms with Crippen LogP contribution < -0.4 is 43.4 Å². The van der Waals surface area contributed by atoms with Crippen LogP contribution in [0.2, 0.25) is 0 Å². The van der Waals surface area contributed by atoms with E-state index in [4.69, 9.17) is 35.2 Å². The largest absolute Gasteiger partial charge is 0.508 e. The van der Waals surface area contributed by atoms with Crippen molar-refractivity contribution in [2.24, 2.45) is 41.1 Å². The summed E-state index contributed by atoms with van der Waals surface area (Å²) in [5.74, 6) is -14.0. The number of primary amides is 1. The van der Waals surface area contributed by atoms with E-state index in [0.717, 1.165) is 9.80 Å². The molecule has 2 aromatic rings. The molecule has 9 amide bonds. The number of likely N-dealkylation sites (tertiary alicyclic amines) is 1. The SMILES string of the molecule is CC[C@H](C)[C@@H]1CC(=O)CNC(=O)[C@H]2CC(=O)[C@H]([C@@H](C)[C@@H](O)CO)NC(=O)[C@@H]3C[C@@H](O)CN3C(=O)[C@H](CC(N)=O)NC(=O)C(CS(=O)c3[nH]c4c(CSCCOCCOCCOCCOCCOCCN/C=C(\N)CN5C(=O)CC(C)C5=O)c(O)ccc4c3C2)NC(=O)CNC1=O. The van der Waals surface area contributed by atoms with E-state index in [1.165, 1.54) is 30.8 Å². The van der Waals surface area contributed by atoms with Gasteiger partial charge in [-0.15, -0.1) is 0 Å². The Kier molecular flexibility index (Phi) is 31.4. The van der Waals surface area contributed by atoms with Crippen LogP contribution in [0.5, 0.6) is 5.75 Å². The third kappa shape index (κ3) is 22.7. The quantitative estimate of drug-likeness (QED) is 0.0265. The molecule has 4 aliphatic rings. The van der Waals surface area contributed by atoms with Crippen molar-refractivity contribution in [1.82, 2.24) is 46.7 Å². The number of rotatable bonds is 30. The number of aromatic amines is 1. The predicted molar refractivity (Wildman–Crippen MR) is 346 cm³/mol. The molecular weight excluding hydrogens is 1300 g/mol. The summed E-state index contributed by atoms with van der Waals surface area (Å²) in [5, 5.41) is 59.1. The van der Waals surface area contributed by atoms with Crippen molar-refractivity contribution in [2.45, 2.75) is 120 Å². The van der Waals surface area contributed by atoms with Crippen LogP contribution in [0, 0.1) is 29.6 Å². The number of hydrogen-bond acceptors (Lipinski definition) is 24. The van der Waals surface area contributed by atoms with E-state index in [2.05, 4.69) is 36.9 Å². The summed E-state index contributed by atoms with van der Waals surface area (Å²) in [6.07, 6.45) is -3.76. The summed E-state index contributed by atoms with van der Waals surface area (Å²) < 4.78 is 43.3. The summed E-state index contributed by atoms with van der Waals surface area (Å²) in [6, 6.07) is -4.16. The van der Waals surface area contributed by atoms with Gasteiger partial charge in [-0.05, 0) is 30.0 Å². The van der Waals surface area contributed by atoms with Gasteiger partial charge in [0, 0.05) is 96.8 Å². The average Bonchev–Trinajstić information content (AvgIpc) is 1.61. The molecule has 5 heterocycles. The van der Waals surface area contributed by atoms with Crippen molar-refractivity contribution in [3.05, 3.63) is 35.2 Å². The molecular formula is C62H93N11O21S2. The number of aromatic hydroxyl groups is 1. The molecule has 2 saturated heterocycles. The number of nitrogens with one attached hydrogen (secondary N) is 7. The monoisotopic (exact) mass is 1390 g/mol. The number of nitrogens with two attached hydrogens (primary N) is 2. The summed E-state index contributed by atoms with van der Waals surface area (Å²) in [6.45, 7) is 7.35. The summed E-state index contributed by atoms with van der Waals surface area (Å²) in [5.41, 5.74) is 12.5. The fraction of sp³-hybridized carbons (Fsp3) is 0.661. The number of ketones is 2. The molecule has 2 bridgehead atoms. The van der Waals surface area contributed by atoms with Gasteiger partial charge >= 0.3 is 0 Å². The number of hydrogen-bond donors (Lipinski definition) is 13. The van der Waals surface area contributed by atoms with Crippen LogP contribution in [0.25, 0.3) is 10.9 Å². The lowest BCUT2D eigenvalue weighted by Gasteiger charge is -2.32. The van der Waals surface area contributed by atoms with Crippen LogP contribution in [0.1, 0.15) is 77.3 Å². The number of aliphatic hydroxyl groups is 3. The van der Waals surface area contributed by atoms with E-state index in [9.17, 15) is 73.2 Å². The fourth-order valence-electron chi connectivity index (χ4n) is 11.4. The first-order chi connectivity index (χ1) is 45.8. The smallest absolute Gasteiger partial charge is 0.246 e. The fourth-order valence-corrected chi connectivity index (χ4v) is 13.6. The highest BCUT2D eigenvalue weighted by Gasteiger charge is 2.45. The first-order valence-corrected chi connectivity index (χ1v) is 34.6. The number of Topliss-reactive ketones (excluding diaryl/α,β-unsaturated/α-hetero) is 2. The zero-order valence-corrected chi connectivity index (χ0v) is 56.2. The summed E-state index contributed by atoms with van der Waals surface area (Å²) in [4.78, 5) is 156. The molecule has 4 aliphatic heterocycles. The number of fused-ring (bicyclic) bond motifs is 5. The van der Waals surface area contributed by atoms with Gasteiger partial charge in [0.05, 0.1) is 139 Å². The molecule has 1 aromatic carbocycles. The van der Waals surface area contributed by atoms with Gasteiger partial charge in [0.15, 0.2) is 11.6 Å². The molecule has 0 aliphatic carbocycles. The lowest BCUT2D eigenvalue weighted by atomic mass is 9.85. The molecule has 3 unspecified atom stereocenters. The second-order valence-electron chi connectivity index (χ2n) is 24.2. The van der Waals surface area contributed by atoms with Crippen molar-refractivity contribution >= 4 is 98.2 Å². The van der Waals surface area contributed by atoms with Crippen LogP contribution in [-0.4, -0.2) is 257 Å². The molecule has 6 rings (SSSR count). The lowest BCUT2D eigenvalue weighted by molar-refractivity contribution is -0.144. The Morgan fingerprint density at radius 2 is 1.46 bits per heavy atom. The zero-order chi connectivity index (χ0) is 70.2. The van der Waals surface area contributed by atoms with Crippen molar-refractivity contribution in [1.29, 1.82) is 0 Å². The van der Waals surface area contributed by atoms with Crippen LogP contribution >= 0.6 is 11.8 Å². The summed E-state index contributed by atoms with van der Waals surface area (Å²) in [7, 11) is -2.45. The zero-order valence-electron chi connectivity index (χ0n) is 54.6. The standard InChI is InChI=1S/C62H93N11O21S2/c1-5-34(2)42-23-39(75)27-66-56(83)37-21-43-41-6-7-48(77)44(32-95-19-18-94-17-16-93-15-14-92-13-12-91-11-10-90-9-8-65-26-38(63)29-73-53(82)20-35(3)61(73)87)55(41)71-60(43)96(89)33-46(68-52(81)28-67-57(42)84)58(85)69-45(25-51(64)80)62(88)72-30-40(76)24-47(72)59(86)70-54(49(78)22-37)36(4)50(79)31-74/h6-7,26,34-37,40,42,45-47,50,54,65,71,74,76-77,79H,5,8-25,27-33,63H2,1-4H3,(H2,64,80)(H,66,83)(H,67,84)(H,68,81)(H,69,85)(H,70,86)/b38-26-/t34-,35?,36-,37+,40+,42-,45-,46?,47-,50-,54-,96?/m0/s1. The van der Waals surface area contributed by atoms with Crippen LogP contribution in [-0.2, 0) is 99.4 Å². The number of imide groups is 1. The number of benzene rings is 1. The number of phenolic OH excluding ortho intramolecular Hbond substituents is 1. The molecule has 534 valence electrons. The highest BCUT2D eigenvalue weighted by Crippen LogP contribution is 2.37. The van der Waals surface area contributed by atoms with E-state index < -0.39 is 188 Å². The second-order valence-corrected chi connectivity index (χ2v) is 26.8. The number of amides is 9. The molecule has 96 heavy (non-hydrogen) atoms. The van der Waals surface area contributed by atoms with Gasteiger partial charge in [0.2, 0.25) is 53.2 Å². The Morgan fingerprint density at radius 3 is 2.08 bits per heavy atom. The third-order valence-corrected chi connectivity index (χ3v) is 19.4. The van der Waals surface area contributed by atoms with Gasteiger partial charge in [0.25, 0.3) is 0 Å². The first-order valence-electron chi connectivity index (χ1n) is 32.1. The van der Waals surface area contributed by atoms with Gasteiger partial charge in [-0.2, -0.15) is 11.8 Å². The van der Waals surface area contributed by atoms with E-state index in [-0.39, 0.29) is 78.1 Å². The highest BCUT2D eigenvalue weighted by molar-refractivity contribution is 7.98. The number of ether oxygens (including phenoxy) is 5. The first kappa shape index (κ1) is 77.9. The lowest BCUT2D eigenvalue weighted by Crippen LogP contribution is -2.60. The van der Waals surface area contributed by atoms with Crippen molar-refractivity contribution in [3.8, 4) is 5.75 Å². The van der Waals surface area contributed by atoms with Gasteiger partial charge in [-0.25, -0.2) is 0 Å². The Hall–Kier alpha value is -7.15. The van der Waals surface area contributed by atoms with Crippen molar-refractivity contribution in [2.75, 3.05) is 117 Å². The number of carbonyl (C=O) groups excluding carboxylic acids is 11. The number of phenols is 1. The third-order valence-electron chi connectivity index (χ3n) is 17.0. The normalized spacial score (nSPS) is 25.0. The Morgan fingerprint density at radius 1 is 0.812 bits per heavy atom. The minimum atomic E-state index is -2.45. The second kappa shape index (κ2) is 38.7. The number of H-pyrrole nitrogens is 1. The predicted octanol–water partition coefficient (Wildman–Crippen LogP) is -3.64. The minimum Gasteiger partial charge on any atom is -0.508 e. The van der Waals surface area contributed by atoms with Gasteiger partial charge in [-0.3, -0.25) is 61.8 Å². The maximum absolute atomic E-state index is 15.2. The van der Waals surface area contributed by atoms with E-state index >= 15 is 4.21 Å². The average molecular weight is 1390 g/mol. The van der Waals surface area contributed by atoms with Gasteiger partial charge in [-0.1, -0.05) is 34.1 Å². The van der Waals surface area contributed by atoms with Crippen LogP contribution in [0.15, 0.2) is 29.1 Å². The van der Waals surface area contributed by atoms with Gasteiger partial charge in [0.1, 0.15) is 28.9 Å². The van der Waals surface area contributed by atoms with Crippen LogP contribution in [0.4, 0.5) is 0 Å². The van der Waals surface area contributed by atoms with E-state index in [1.807, 2.05) is 0 Å².